The Morgan fingerprint density at radius 2 is 2.25 bits per heavy atom. The van der Waals surface area contributed by atoms with E-state index in [0.717, 1.165) is 0 Å². The molecule has 0 saturated carbocycles. The van der Waals surface area contributed by atoms with Crippen molar-refractivity contribution in [3.8, 4) is 5.75 Å². The molecular weight excluding hydrogens is 228 g/mol. The molecule has 16 heavy (non-hydrogen) atoms. The number of rotatable bonds is 4. The van der Waals surface area contributed by atoms with Gasteiger partial charge in [0.25, 0.3) is 5.91 Å². The molecule has 0 radical (unpaired) electrons. The summed E-state index contributed by atoms with van der Waals surface area (Å²) in [7, 11) is 0. The average Bonchev–Trinajstić information content (AvgIpc) is 2.27. The standard InChI is InChI=1S/C11H13ClN2O2/c12-8-3-4-10(15)9(7-8)11(16)14-6-2-1-5-13/h1-4,7,15H,5-6,13H2,(H,14,16)/b2-1+. The molecule has 0 bridgehead atoms. The van der Waals surface area contributed by atoms with Crippen LogP contribution in [0, 0.1) is 0 Å². The molecule has 0 fully saturated rings. The zero-order valence-corrected chi connectivity index (χ0v) is 9.37. The Labute approximate surface area is 98.7 Å². The number of nitrogens with one attached hydrogen (secondary N) is 1. The molecule has 5 heteroatoms. The summed E-state index contributed by atoms with van der Waals surface area (Å²) in [6.07, 6.45) is 3.47. The Bertz CT molecular complexity index is 405. The van der Waals surface area contributed by atoms with Gasteiger partial charge in [0.05, 0.1) is 5.56 Å². The van der Waals surface area contributed by atoms with Crippen LogP contribution in [0.25, 0.3) is 0 Å². The number of carbonyl (C=O) groups is 1. The molecule has 4 nitrogen and oxygen atoms in total. The highest BCUT2D eigenvalue weighted by molar-refractivity contribution is 6.31. The third-order valence-corrected chi connectivity index (χ3v) is 2.12. The molecule has 0 atom stereocenters. The van der Waals surface area contributed by atoms with Gasteiger partial charge in [-0.1, -0.05) is 23.8 Å². The van der Waals surface area contributed by atoms with Crippen LogP contribution in [0.1, 0.15) is 10.4 Å². The van der Waals surface area contributed by atoms with Crippen LogP contribution in [0.5, 0.6) is 5.75 Å². The van der Waals surface area contributed by atoms with Gasteiger partial charge < -0.3 is 16.2 Å². The van der Waals surface area contributed by atoms with Gasteiger partial charge in [0.1, 0.15) is 5.75 Å². The van der Waals surface area contributed by atoms with Gasteiger partial charge in [0.15, 0.2) is 0 Å². The van der Waals surface area contributed by atoms with E-state index in [2.05, 4.69) is 5.32 Å². The monoisotopic (exact) mass is 240 g/mol. The molecule has 1 rings (SSSR count). The van der Waals surface area contributed by atoms with Crippen LogP contribution in [-0.4, -0.2) is 24.1 Å². The molecule has 1 amide bonds. The first-order valence-corrected chi connectivity index (χ1v) is 5.14. The maximum atomic E-state index is 11.6. The van der Waals surface area contributed by atoms with Gasteiger partial charge in [-0.05, 0) is 18.2 Å². The number of aromatic hydroxyl groups is 1. The number of phenols is 1. The zero-order valence-electron chi connectivity index (χ0n) is 8.61. The van der Waals surface area contributed by atoms with Gasteiger partial charge in [-0.25, -0.2) is 0 Å². The Kier molecular flexibility index (Phi) is 4.82. The van der Waals surface area contributed by atoms with Crippen LogP contribution in [-0.2, 0) is 0 Å². The Morgan fingerprint density at radius 3 is 2.94 bits per heavy atom. The molecule has 1 aromatic rings. The number of phenolic OH excluding ortho intramolecular Hbond substituents is 1. The minimum atomic E-state index is -0.373. The summed E-state index contributed by atoms with van der Waals surface area (Å²) in [6.45, 7) is 0.792. The van der Waals surface area contributed by atoms with Gasteiger partial charge in [0, 0.05) is 18.1 Å². The predicted molar refractivity (Wildman–Crippen MR) is 63.6 cm³/mol. The van der Waals surface area contributed by atoms with Crippen molar-refractivity contribution in [2.24, 2.45) is 5.73 Å². The highest BCUT2D eigenvalue weighted by Crippen LogP contribution is 2.20. The molecule has 0 aliphatic rings. The lowest BCUT2D eigenvalue weighted by Gasteiger charge is -2.05. The number of nitrogens with two attached hydrogens (primary N) is 1. The maximum absolute atomic E-state index is 11.6. The van der Waals surface area contributed by atoms with Crippen molar-refractivity contribution in [1.29, 1.82) is 0 Å². The molecule has 0 heterocycles. The van der Waals surface area contributed by atoms with E-state index in [1.54, 1.807) is 12.2 Å². The maximum Gasteiger partial charge on any atom is 0.255 e. The zero-order chi connectivity index (χ0) is 12.0. The van der Waals surface area contributed by atoms with E-state index in [1.807, 2.05) is 0 Å². The average molecular weight is 241 g/mol. The van der Waals surface area contributed by atoms with Crippen molar-refractivity contribution in [3.63, 3.8) is 0 Å². The molecule has 0 aliphatic carbocycles. The molecule has 1 aromatic carbocycles. The number of hydrogen-bond acceptors (Lipinski definition) is 3. The Hall–Kier alpha value is -1.52. The lowest BCUT2D eigenvalue weighted by molar-refractivity contribution is 0.0955. The van der Waals surface area contributed by atoms with Crippen LogP contribution >= 0.6 is 11.6 Å². The van der Waals surface area contributed by atoms with E-state index in [9.17, 15) is 9.90 Å². The smallest absolute Gasteiger partial charge is 0.255 e. The number of amides is 1. The fourth-order valence-corrected chi connectivity index (χ4v) is 1.29. The summed E-state index contributed by atoms with van der Waals surface area (Å²) in [5.74, 6) is -0.466. The second kappa shape index (κ2) is 6.15. The fraction of sp³-hybridized carbons (Fsp3) is 0.182. The van der Waals surface area contributed by atoms with Gasteiger partial charge in [-0.2, -0.15) is 0 Å². The second-order valence-corrected chi connectivity index (χ2v) is 3.52. The van der Waals surface area contributed by atoms with Crippen LogP contribution in [0.15, 0.2) is 30.4 Å². The molecular formula is C11H13ClN2O2. The largest absolute Gasteiger partial charge is 0.507 e. The molecule has 86 valence electrons. The first-order valence-electron chi connectivity index (χ1n) is 4.77. The Balaban J connectivity index is 2.65. The van der Waals surface area contributed by atoms with Gasteiger partial charge in [-0.15, -0.1) is 0 Å². The van der Waals surface area contributed by atoms with E-state index in [4.69, 9.17) is 17.3 Å². The lowest BCUT2D eigenvalue weighted by Crippen LogP contribution is -2.23. The molecule has 0 unspecified atom stereocenters. The third-order valence-electron chi connectivity index (χ3n) is 1.89. The highest BCUT2D eigenvalue weighted by atomic mass is 35.5. The SMILES string of the molecule is NC/C=C/CNC(=O)c1cc(Cl)ccc1O. The molecule has 4 N–H and O–H groups in total. The first kappa shape index (κ1) is 12.5. The lowest BCUT2D eigenvalue weighted by atomic mass is 10.2. The summed E-state index contributed by atoms with van der Waals surface area (Å²) in [4.78, 5) is 11.6. The van der Waals surface area contributed by atoms with Crippen LogP contribution < -0.4 is 11.1 Å². The predicted octanol–water partition coefficient (Wildman–Crippen LogP) is 1.29. The van der Waals surface area contributed by atoms with Crippen LogP contribution in [0.2, 0.25) is 5.02 Å². The van der Waals surface area contributed by atoms with Crippen molar-refractivity contribution in [1.82, 2.24) is 5.32 Å². The van der Waals surface area contributed by atoms with Crippen molar-refractivity contribution >= 4 is 17.5 Å². The first-order chi connectivity index (χ1) is 7.65. The number of carbonyl (C=O) groups excluding carboxylic acids is 1. The van der Waals surface area contributed by atoms with Crippen LogP contribution in [0.4, 0.5) is 0 Å². The van der Waals surface area contributed by atoms with E-state index in [1.165, 1.54) is 18.2 Å². The molecule has 0 saturated heterocycles. The topological polar surface area (TPSA) is 75.3 Å². The van der Waals surface area contributed by atoms with Crippen molar-refractivity contribution in [3.05, 3.63) is 40.9 Å². The quantitative estimate of drug-likeness (QED) is 0.695. The number of benzene rings is 1. The second-order valence-electron chi connectivity index (χ2n) is 3.08. The van der Waals surface area contributed by atoms with E-state index in [-0.39, 0.29) is 17.2 Å². The van der Waals surface area contributed by atoms with Crippen molar-refractivity contribution < 1.29 is 9.90 Å². The third kappa shape index (κ3) is 3.56. The highest BCUT2D eigenvalue weighted by Gasteiger charge is 2.10. The van der Waals surface area contributed by atoms with Crippen molar-refractivity contribution in [2.45, 2.75) is 0 Å². The summed E-state index contributed by atoms with van der Waals surface area (Å²) in [5.41, 5.74) is 5.40. The summed E-state index contributed by atoms with van der Waals surface area (Å²) < 4.78 is 0. The summed E-state index contributed by atoms with van der Waals surface area (Å²) >= 11 is 5.72. The summed E-state index contributed by atoms with van der Waals surface area (Å²) in [6, 6.07) is 4.31. The van der Waals surface area contributed by atoms with Crippen molar-refractivity contribution in [2.75, 3.05) is 13.1 Å². The molecule has 0 spiro atoms. The van der Waals surface area contributed by atoms with E-state index < -0.39 is 0 Å². The normalized spacial score (nSPS) is 10.6. The molecule has 0 aliphatic heterocycles. The van der Waals surface area contributed by atoms with Gasteiger partial charge >= 0.3 is 0 Å². The fourth-order valence-electron chi connectivity index (χ4n) is 1.12. The van der Waals surface area contributed by atoms with Gasteiger partial charge in [0.2, 0.25) is 0 Å². The minimum absolute atomic E-state index is 0.0929. The molecule has 0 aromatic heterocycles. The Morgan fingerprint density at radius 1 is 1.50 bits per heavy atom. The van der Waals surface area contributed by atoms with E-state index in [0.29, 0.717) is 18.1 Å². The number of hydrogen-bond donors (Lipinski definition) is 3. The van der Waals surface area contributed by atoms with Crippen LogP contribution in [0.3, 0.4) is 0 Å². The minimum Gasteiger partial charge on any atom is -0.507 e. The van der Waals surface area contributed by atoms with Gasteiger partial charge in [-0.3, -0.25) is 4.79 Å². The van der Waals surface area contributed by atoms with E-state index >= 15 is 0 Å². The summed E-state index contributed by atoms with van der Waals surface area (Å²) in [5, 5.41) is 12.5. The number of halogens is 1.